The maximum atomic E-state index is 12.2. The van der Waals surface area contributed by atoms with Crippen LogP contribution in [0.25, 0.3) is 0 Å². The topological polar surface area (TPSA) is 71.3 Å². The van der Waals surface area contributed by atoms with Gasteiger partial charge in [-0.2, -0.15) is 0 Å². The summed E-state index contributed by atoms with van der Waals surface area (Å²) in [7, 11) is -3.44. The molecule has 5 nitrogen and oxygen atoms in total. The number of aliphatic hydroxyl groups is 1. The van der Waals surface area contributed by atoms with Gasteiger partial charge < -0.3 is 9.67 Å². The average Bonchev–Trinajstić information content (AvgIpc) is 3.11. The molecule has 2 aliphatic carbocycles. The first kappa shape index (κ1) is 14.1. The molecule has 0 unspecified atom stereocenters. The Balaban J connectivity index is 1.66. The van der Waals surface area contributed by atoms with Gasteiger partial charge in [-0.3, -0.25) is 0 Å². The predicted octanol–water partition coefficient (Wildman–Crippen LogP) is 1.78. The number of rotatable bonds is 7. The summed E-state index contributed by atoms with van der Waals surface area (Å²) >= 11 is 0. The van der Waals surface area contributed by atoms with E-state index in [9.17, 15) is 13.5 Å². The van der Waals surface area contributed by atoms with Crippen LogP contribution in [-0.2, 0) is 16.6 Å². The van der Waals surface area contributed by atoms with Gasteiger partial charge in [0.15, 0.2) is 0 Å². The van der Waals surface area contributed by atoms with E-state index in [4.69, 9.17) is 0 Å². The second-order valence-corrected chi connectivity index (χ2v) is 7.71. The van der Waals surface area contributed by atoms with Crippen molar-refractivity contribution in [2.24, 2.45) is 5.92 Å². The summed E-state index contributed by atoms with van der Waals surface area (Å²) in [6.07, 6.45) is 8.46. The number of nitrogens with zero attached hydrogens (tertiary/aromatic N) is 1. The first-order valence-corrected chi connectivity index (χ1v) is 8.90. The van der Waals surface area contributed by atoms with Gasteiger partial charge >= 0.3 is 0 Å². The van der Waals surface area contributed by atoms with Gasteiger partial charge in [-0.05, 0) is 31.2 Å². The molecule has 112 valence electrons. The van der Waals surface area contributed by atoms with Gasteiger partial charge in [0.1, 0.15) is 0 Å². The molecule has 0 bridgehead atoms. The van der Waals surface area contributed by atoms with Crippen LogP contribution in [0.15, 0.2) is 17.2 Å². The zero-order valence-electron chi connectivity index (χ0n) is 11.6. The Bertz CT molecular complexity index is 571. The van der Waals surface area contributed by atoms with Crippen LogP contribution in [0.3, 0.4) is 0 Å². The molecule has 0 atom stereocenters. The molecule has 20 heavy (non-hydrogen) atoms. The third kappa shape index (κ3) is 2.92. The van der Waals surface area contributed by atoms with Gasteiger partial charge in [0.2, 0.25) is 10.0 Å². The molecule has 0 aromatic carbocycles. The second kappa shape index (κ2) is 5.50. The van der Waals surface area contributed by atoms with Crippen molar-refractivity contribution in [2.75, 3.05) is 6.54 Å². The summed E-state index contributed by atoms with van der Waals surface area (Å²) < 4.78 is 29.1. The highest BCUT2D eigenvalue weighted by Gasteiger charge is 2.28. The number of aliphatic hydroxyl groups excluding tert-OH is 1. The standard InChI is InChI=1S/C14H22N2O3S/c17-10-13-8-14(9-16(13)12-4-5-12)20(18,19)15-7-6-11-2-1-3-11/h8-9,11-12,15,17H,1-7,10H2. The van der Waals surface area contributed by atoms with E-state index in [1.807, 2.05) is 4.57 Å². The molecule has 0 radical (unpaired) electrons. The van der Waals surface area contributed by atoms with Crippen molar-refractivity contribution in [2.45, 2.75) is 56.1 Å². The fraction of sp³-hybridized carbons (Fsp3) is 0.714. The van der Waals surface area contributed by atoms with Gasteiger partial charge in [-0.25, -0.2) is 13.1 Å². The third-order valence-electron chi connectivity index (χ3n) is 4.39. The summed E-state index contributed by atoms with van der Waals surface area (Å²) in [5.41, 5.74) is 0.687. The minimum Gasteiger partial charge on any atom is -0.390 e. The average molecular weight is 298 g/mol. The highest BCUT2D eigenvalue weighted by molar-refractivity contribution is 7.89. The lowest BCUT2D eigenvalue weighted by Gasteiger charge is -2.24. The molecule has 6 heteroatoms. The lowest BCUT2D eigenvalue weighted by Crippen LogP contribution is -2.27. The van der Waals surface area contributed by atoms with Crippen molar-refractivity contribution in [1.29, 1.82) is 0 Å². The van der Waals surface area contributed by atoms with Crippen molar-refractivity contribution >= 4 is 10.0 Å². The van der Waals surface area contributed by atoms with Gasteiger partial charge in [-0.15, -0.1) is 0 Å². The molecular weight excluding hydrogens is 276 g/mol. The zero-order chi connectivity index (χ0) is 14.2. The van der Waals surface area contributed by atoms with Crippen LogP contribution in [0.1, 0.15) is 50.3 Å². The summed E-state index contributed by atoms with van der Waals surface area (Å²) in [6, 6.07) is 1.96. The summed E-state index contributed by atoms with van der Waals surface area (Å²) in [5.74, 6) is 0.696. The SMILES string of the molecule is O=S(=O)(NCCC1CCC1)c1cc(CO)n(C2CC2)c1. The van der Waals surface area contributed by atoms with Crippen LogP contribution in [0.2, 0.25) is 0 Å². The quantitative estimate of drug-likeness (QED) is 0.806. The highest BCUT2D eigenvalue weighted by atomic mass is 32.2. The highest BCUT2D eigenvalue weighted by Crippen LogP contribution is 2.37. The Morgan fingerprint density at radius 1 is 1.30 bits per heavy atom. The molecule has 0 amide bonds. The van der Waals surface area contributed by atoms with Crippen molar-refractivity contribution < 1.29 is 13.5 Å². The van der Waals surface area contributed by atoms with Gasteiger partial charge in [0.25, 0.3) is 0 Å². The molecule has 1 heterocycles. The van der Waals surface area contributed by atoms with Gasteiger partial charge in [0.05, 0.1) is 11.5 Å². The van der Waals surface area contributed by atoms with Gasteiger partial charge in [0, 0.05) is 24.5 Å². The largest absolute Gasteiger partial charge is 0.390 e. The second-order valence-electron chi connectivity index (χ2n) is 5.95. The molecule has 2 fully saturated rings. The fourth-order valence-corrected chi connectivity index (χ4v) is 3.82. The van der Waals surface area contributed by atoms with Gasteiger partial charge in [-0.1, -0.05) is 19.3 Å². The Morgan fingerprint density at radius 3 is 2.60 bits per heavy atom. The number of hydrogen-bond acceptors (Lipinski definition) is 3. The van der Waals surface area contributed by atoms with E-state index in [1.165, 1.54) is 19.3 Å². The van der Waals surface area contributed by atoms with E-state index in [1.54, 1.807) is 12.3 Å². The summed E-state index contributed by atoms with van der Waals surface area (Å²) in [5, 5.41) is 9.33. The van der Waals surface area contributed by atoms with Crippen molar-refractivity contribution in [3.63, 3.8) is 0 Å². The van der Waals surface area contributed by atoms with Crippen LogP contribution < -0.4 is 4.72 Å². The summed E-state index contributed by atoms with van der Waals surface area (Å²) in [6.45, 7) is 0.393. The monoisotopic (exact) mass is 298 g/mol. The molecule has 0 spiro atoms. The van der Waals surface area contributed by atoms with E-state index in [-0.39, 0.29) is 11.5 Å². The molecule has 0 saturated heterocycles. The molecule has 3 rings (SSSR count). The Hall–Kier alpha value is -0.850. The normalized spacial score (nSPS) is 20.1. The number of nitrogens with one attached hydrogen (secondary N) is 1. The van der Waals surface area contributed by atoms with Crippen LogP contribution in [0.5, 0.6) is 0 Å². The maximum absolute atomic E-state index is 12.2. The minimum atomic E-state index is -3.44. The smallest absolute Gasteiger partial charge is 0.242 e. The van der Waals surface area contributed by atoms with Crippen molar-refractivity contribution in [1.82, 2.24) is 9.29 Å². The molecule has 1 aromatic heterocycles. The Morgan fingerprint density at radius 2 is 2.05 bits per heavy atom. The number of aromatic nitrogens is 1. The Kier molecular flexibility index (Phi) is 3.88. The van der Waals surface area contributed by atoms with E-state index in [0.29, 0.717) is 24.2 Å². The Labute approximate surface area is 120 Å². The van der Waals surface area contributed by atoms with Crippen LogP contribution in [0, 0.1) is 5.92 Å². The van der Waals surface area contributed by atoms with E-state index >= 15 is 0 Å². The first-order chi connectivity index (χ1) is 9.60. The van der Waals surface area contributed by atoms with Crippen molar-refractivity contribution in [3.8, 4) is 0 Å². The number of sulfonamides is 1. The molecule has 1 aromatic rings. The van der Waals surface area contributed by atoms with E-state index in [2.05, 4.69) is 4.72 Å². The van der Waals surface area contributed by atoms with Crippen molar-refractivity contribution in [3.05, 3.63) is 18.0 Å². The molecule has 0 aliphatic heterocycles. The summed E-state index contributed by atoms with van der Waals surface area (Å²) in [4.78, 5) is 0.280. The first-order valence-electron chi connectivity index (χ1n) is 7.41. The number of hydrogen-bond donors (Lipinski definition) is 2. The molecular formula is C14H22N2O3S. The minimum absolute atomic E-state index is 0.117. The van der Waals surface area contributed by atoms with Crippen LogP contribution in [-0.4, -0.2) is 24.6 Å². The lowest BCUT2D eigenvalue weighted by molar-refractivity contribution is 0.270. The third-order valence-corrected chi connectivity index (χ3v) is 5.82. The molecule has 2 saturated carbocycles. The zero-order valence-corrected chi connectivity index (χ0v) is 12.4. The fourth-order valence-electron chi connectivity index (χ4n) is 2.73. The lowest BCUT2D eigenvalue weighted by atomic mass is 9.83. The van der Waals surface area contributed by atoms with E-state index in [0.717, 1.165) is 19.3 Å². The van der Waals surface area contributed by atoms with E-state index < -0.39 is 10.0 Å². The molecule has 2 N–H and O–H groups in total. The van der Waals surface area contributed by atoms with Crippen LogP contribution >= 0.6 is 0 Å². The predicted molar refractivity (Wildman–Crippen MR) is 75.8 cm³/mol. The molecule has 2 aliphatic rings. The maximum Gasteiger partial charge on any atom is 0.242 e. The van der Waals surface area contributed by atoms with Crippen LogP contribution in [0.4, 0.5) is 0 Å².